The maximum atomic E-state index is 12.2. The number of nitrogens with zero attached hydrogens (tertiary/aromatic N) is 1. The minimum Gasteiger partial charge on any atom is -0.352 e. The van der Waals surface area contributed by atoms with E-state index in [1.807, 2.05) is 24.3 Å². The Morgan fingerprint density at radius 3 is 2.40 bits per heavy atom. The van der Waals surface area contributed by atoms with Gasteiger partial charge in [0.1, 0.15) is 0 Å². The van der Waals surface area contributed by atoms with Gasteiger partial charge in [-0.25, -0.2) is 0 Å². The number of nitrogens with one attached hydrogen (secondary N) is 2. The van der Waals surface area contributed by atoms with Crippen molar-refractivity contribution in [1.82, 2.24) is 5.32 Å². The lowest BCUT2D eigenvalue weighted by Crippen LogP contribution is -3.11. The molecule has 0 aliphatic carbocycles. The summed E-state index contributed by atoms with van der Waals surface area (Å²) < 4.78 is 0. The molecule has 1 aromatic rings. The Labute approximate surface area is 150 Å². The molecule has 2 heterocycles. The quantitative estimate of drug-likeness (QED) is 0.767. The molecule has 0 aromatic heterocycles. The van der Waals surface area contributed by atoms with Gasteiger partial charge in [-0.1, -0.05) is 0 Å². The minimum atomic E-state index is -0.0230. The van der Waals surface area contributed by atoms with Crippen LogP contribution in [0.3, 0.4) is 0 Å². The van der Waals surface area contributed by atoms with Gasteiger partial charge in [0.05, 0.1) is 19.6 Å². The fourth-order valence-electron chi connectivity index (χ4n) is 3.83. The highest BCUT2D eigenvalue weighted by atomic mass is 16.2. The first-order valence-corrected chi connectivity index (χ1v) is 9.76. The maximum absolute atomic E-state index is 12.2. The average molecular weight is 344 g/mol. The maximum Gasteiger partial charge on any atom is 0.251 e. The third kappa shape index (κ3) is 5.05. The van der Waals surface area contributed by atoms with E-state index in [0.29, 0.717) is 12.0 Å². The first-order chi connectivity index (χ1) is 12.2. The Hall–Kier alpha value is -1.88. The van der Waals surface area contributed by atoms with Gasteiger partial charge in [-0.15, -0.1) is 0 Å². The molecule has 2 N–H and O–H groups in total. The summed E-state index contributed by atoms with van der Waals surface area (Å²) in [6.45, 7) is 5.23. The van der Waals surface area contributed by atoms with Crippen molar-refractivity contribution in [3.05, 3.63) is 29.8 Å². The topological polar surface area (TPSA) is 53.9 Å². The van der Waals surface area contributed by atoms with Gasteiger partial charge >= 0.3 is 0 Å². The van der Waals surface area contributed by atoms with Crippen LogP contribution in [0, 0.1) is 0 Å². The minimum absolute atomic E-state index is 0.0230. The number of hydrogen-bond donors (Lipinski definition) is 2. The van der Waals surface area contributed by atoms with Gasteiger partial charge in [0.15, 0.2) is 0 Å². The molecule has 2 amide bonds. The molecule has 2 aliphatic heterocycles. The van der Waals surface area contributed by atoms with Crippen LogP contribution in [0.15, 0.2) is 24.3 Å². The van der Waals surface area contributed by atoms with Gasteiger partial charge in [0, 0.05) is 37.2 Å². The lowest BCUT2D eigenvalue weighted by atomic mass is 10.2. The number of rotatable bonds is 6. The summed E-state index contributed by atoms with van der Waals surface area (Å²) in [5, 5.41) is 3.02. The number of amides is 2. The van der Waals surface area contributed by atoms with Crippen molar-refractivity contribution >= 4 is 17.5 Å². The highest BCUT2D eigenvalue weighted by molar-refractivity contribution is 5.97. The van der Waals surface area contributed by atoms with Crippen LogP contribution in [0.25, 0.3) is 0 Å². The van der Waals surface area contributed by atoms with Crippen molar-refractivity contribution < 1.29 is 14.5 Å². The molecule has 5 heteroatoms. The molecular weight excluding hydrogens is 314 g/mol. The van der Waals surface area contributed by atoms with E-state index in [4.69, 9.17) is 0 Å². The smallest absolute Gasteiger partial charge is 0.251 e. The van der Waals surface area contributed by atoms with Crippen molar-refractivity contribution in [1.29, 1.82) is 0 Å². The first kappa shape index (κ1) is 17.9. The van der Waals surface area contributed by atoms with E-state index in [1.165, 1.54) is 38.8 Å². The lowest BCUT2D eigenvalue weighted by molar-refractivity contribution is -0.899. The monoisotopic (exact) mass is 344 g/mol. The van der Waals surface area contributed by atoms with Crippen molar-refractivity contribution in [2.75, 3.05) is 37.6 Å². The van der Waals surface area contributed by atoms with Gasteiger partial charge in [-0.3, -0.25) is 9.59 Å². The predicted octanol–water partition coefficient (Wildman–Crippen LogP) is 1.39. The molecule has 2 aliphatic rings. The Morgan fingerprint density at radius 2 is 1.76 bits per heavy atom. The molecule has 3 rings (SSSR count). The van der Waals surface area contributed by atoms with Crippen molar-refractivity contribution in [3.63, 3.8) is 0 Å². The van der Waals surface area contributed by atoms with Gasteiger partial charge in [-0.2, -0.15) is 0 Å². The number of carbonyl (C=O) groups is 2. The van der Waals surface area contributed by atoms with Gasteiger partial charge in [0.25, 0.3) is 5.91 Å². The molecule has 2 fully saturated rings. The van der Waals surface area contributed by atoms with Crippen LogP contribution >= 0.6 is 0 Å². The van der Waals surface area contributed by atoms with Crippen LogP contribution < -0.4 is 15.1 Å². The fraction of sp³-hybridized carbons (Fsp3) is 0.600. The van der Waals surface area contributed by atoms with E-state index in [0.717, 1.165) is 38.2 Å². The third-order valence-corrected chi connectivity index (χ3v) is 5.32. The lowest BCUT2D eigenvalue weighted by Gasteiger charge is -2.17. The molecule has 136 valence electrons. The van der Waals surface area contributed by atoms with E-state index in [1.54, 1.807) is 9.80 Å². The second-order valence-electron chi connectivity index (χ2n) is 7.22. The molecule has 25 heavy (non-hydrogen) atoms. The Kier molecular flexibility index (Phi) is 6.45. The standard InChI is InChI=1S/C20H29N3O2/c24-19-7-5-16-23(19)18-10-8-17(9-11-18)20(25)21-12-6-15-22-13-3-1-2-4-14-22/h8-11H,1-7,12-16H2,(H,21,25)/p+1. The summed E-state index contributed by atoms with van der Waals surface area (Å²) in [7, 11) is 0. The van der Waals surface area contributed by atoms with Crippen molar-refractivity contribution in [3.8, 4) is 0 Å². The Morgan fingerprint density at radius 1 is 1.04 bits per heavy atom. The average Bonchev–Trinajstić information content (AvgIpc) is 2.90. The van der Waals surface area contributed by atoms with Crippen LogP contribution in [0.4, 0.5) is 5.69 Å². The number of quaternary nitrogens is 1. The van der Waals surface area contributed by atoms with Crippen LogP contribution in [0.5, 0.6) is 0 Å². The van der Waals surface area contributed by atoms with Crippen molar-refractivity contribution in [2.24, 2.45) is 0 Å². The molecule has 0 bridgehead atoms. The summed E-state index contributed by atoms with van der Waals surface area (Å²) in [4.78, 5) is 27.5. The molecule has 2 saturated heterocycles. The van der Waals surface area contributed by atoms with Gasteiger partial charge in [-0.05, 0) is 56.4 Å². The molecule has 0 spiro atoms. The molecule has 1 aromatic carbocycles. The number of benzene rings is 1. The van der Waals surface area contributed by atoms with E-state index < -0.39 is 0 Å². The number of carbonyl (C=O) groups excluding carboxylic acids is 2. The number of anilines is 1. The van der Waals surface area contributed by atoms with E-state index >= 15 is 0 Å². The van der Waals surface area contributed by atoms with E-state index in [9.17, 15) is 9.59 Å². The fourth-order valence-corrected chi connectivity index (χ4v) is 3.83. The Bertz CT molecular complexity index is 577. The van der Waals surface area contributed by atoms with Crippen LogP contribution in [-0.4, -0.2) is 44.5 Å². The van der Waals surface area contributed by atoms with Crippen LogP contribution in [0.1, 0.15) is 55.3 Å². The molecule has 0 atom stereocenters. The molecule has 5 nitrogen and oxygen atoms in total. The zero-order valence-electron chi connectivity index (χ0n) is 15.1. The summed E-state index contributed by atoms with van der Waals surface area (Å²) in [5.74, 6) is 0.151. The largest absolute Gasteiger partial charge is 0.352 e. The molecule has 0 saturated carbocycles. The van der Waals surface area contributed by atoms with E-state index in [2.05, 4.69) is 5.32 Å². The SMILES string of the molecule is O=C(NCCC[NH+]1CCCCCC1)c1ccc(N2CCCC2=O)cc1. The zero-order valence-corrected chi connectivity index (χ0v) is 15.1. The van der Waals surface area contributed by atoms with Crippen LogP contribution in [-0.2, 0) is 4.79 Å². The molecule has 0 radical (unpaired) electrons. The predicted molar refractivity (Wildman–Crippen MR) is 99.0 cm³/mol. The third-order valence-electron chi connectivity index (χ3n) is 5.32. The molecular formula is C20H30N3O2+. The zero-order chi connectivity index (χ0) is 17.5. The second-order valence-corrected chi connectivity index (χ2v) is 7.22. The second kappa shape index (κ2) is 8.99. The van der Waals surface area contributed by atoms with Gasteiger partial charge < -0.3 is 15.1 Å². The Balaban J connectivity index is 1.41. The van der Waals surface area contributed by atoms with Gasteiger partial charge in [0.2, 0.25) is 5.91 Å². The number of hydrogen-bond acceptors (Lipinski definition) is 2. The summed E-state index contributed by atoms with van der Waals surface area (Å²) in [6, 6.07) is 7.38. The number of likely N-dealkylation sites (tertiary alicyclic amines) is 1. The normalized spacial score (nSPS) is 19.0. The summed E-state index contributed by atoms with van der Waals surface area (Å²) in [5.41, 5.74) is 1.56. The highest BCUT2D eigenvalue weighted by Crippen LogP contribution is 2.21. The van der Waals surface area contributed by atoms with E-state index in [-0.39, 0.29) is 11.8 Å². The highest BCUT2D eigenvalue weighted by Gasteiger charge is 2.21. The molecule has 0 unspecified atom stereocenters. The first-order valence-electron chi connectivity index (χ1n) is 9.76. The summed E-state index contributed by atoms with van der Waals surface area (Å²) >= 11 is 0. The summed E-state index contributed by atoms with van der Waals surface area (Å²) in [6.07, 6.45) is 8.00. The van der Waals surface area contributed by atoms with Crippen molar-refractivity contribution in [2.45, 2.75) is 44.9 Å². The van der Waals surface area contributed by atoms with Crippen LogP contribution in [0.2, 0.25) is 0 Å².